The molecule has 6 heteroatoms. The van der Waals surface area contributed by atoms with Crippen molar-refractivity contribution in [2.75, 3.05) is 25.0 Å². The van der Waals surface area contributed by atoms with E-state index in [2.05, 4.69) is 16.3 Å². The van der Waals surface area contributed by atoms with Crippen molar-refractivity contribution in [3.05, 3.63) is 52.7 Å². The van der Waals surface area contributed by atoms with Crippen LogP contribution in [0.1, 0.15) is 36.2 Å². The zero-order valence-corrected chi connectivity index (χ0v) is 17.0. The Bertz CT molecular complexity index is 872. The SMILES string of the molecule is Cc1c(C#N)c(NC(=O)CN2C[C@@H](C)O[C@H](C)C2)n(Cc2ccccc2)c1C. The van der Waals surface area contributed by atoms with Gasteiger partial charge in [0.15, 0.2) is 0 Å². The number of nitrogens with zero attached hydrogens (tertiary/aromatic N) is 3. The Morgan fingerprint density at radius 1 is 1.21 bits per heavy atom. The summed E-state index contributed by atoms with van der Waals surface area (Å²) in [7, 11) is 0. The maximum Gasteiger partial charge on any atom is 0.239 e. The number of anilines is 1. The van der Waals surface area contributed by atoms with Crippen molar-refractivity contribution in [3.63, 3.8) is 0 Å². The second-order valence-corrected chi connectivity index (χ2v) is 7.62. The summed E-state index contributed by atoms with van der Waals surface area (Å²) >= 11 is 0. The fourth-order valence-electron chi connectivity index (χ4n) is 3.88. The monoisotopic (exact) mass is 380 g/mol. The molecule has 0 aliphatic carbocycles. The predicted octanol–water partition coefficient (Wildman–Crippen LogP) is 3.07. The van der Waals surface area contributed by atoms with Crippen LogP contribution in [0.5, 0.6) is 0 Å². The first-order valence-corrected chi connectivity index (χ1v) is 9.70. The summed E-state index contributed by atoms with van der Waals surface area (Å²) in [4.78, 5) is 14.9. The number of ether oxygens (including phenoxy) is 1. The Hall–Kier alpha value is -2.62. The van der Waals surface area contributed by atoms with Crippen LogP contribution >= 0.6 is 0 Å². The molecule has 28 heavy (non-hydrogen) atoms. The van der Waals surface area contributed by atoms with Crippen LogP contribution in [0.2, 0.25) is 0 Å². The van der Waals surface area contributed by atoms with E-state index in [1.165, 1.54) is 0 Å². The molecular weight excluding hydrogens is 352 g/mol. The highest BCUT2D eigenvalue weighted by atomic mass is 16.5. The van der Waals surface area contributed by atoms with Gasteiger partial charge in [0.05, 0.1) is 24.3 Å². The second-order valence-electron chi connectivity index (χ2n) is 7.62. The van der Waals surface area contributed by atoms with Crippen LogP contribution in [-0.2, 0) is 16.1 Å². The number of benzene rings is 1. The number of morpholine rings is 1. The molecule has 2 atom stereocenters. The predicted molar refractivity (Wildman–Crippen MR) is 109 cm³/mol. The van der Waals surface area contributed by atoms with Gasteiger partial charge in [-0.2, -0.15) is 5.26 Å². The van der Waals surface area contributed by atoms with Gasteiger partial charge < -0.3 is 14.6 Å². The van der Waals surface area contributed by atoms with Crippen LogP contribution < -0.4 is 5.32 Å². The van der Waals surface area contributed by atoms with Gasteiger partial charge in [0.1, 0.15) is 11.9 Å². The standard InChI is InChI=1S/C22H28N4O2/c1-15-11-25(12-16(2)28-15)14-21(27)24-22-20(10-23)17(3)18(4)26(22)13-19-8-6-5-7-9-19/h5-9,15-16H,11-14H2,1-4H3,(H,24,27)/t15-,16-/m1/s1. The summed E-state index contributed by atoms with van der Waals surface area (Å²) in [6.45, 7) is 10.3. The van der Waals surface area contributed by atoms with E-state index in [0.717, 1.165) is 29.9 Å². The molecular formula is C22H28N4O2. The third kappa shape index (κ3) is 4.44. The molecule has 2 aromatic rings. The van der Waals surface area contributed by atoms with Crippen molar-refractivity contribution in [3.8, 4) is 6.07 Å². The van der Waals surface area contributed by atoms with Gasteiger partial charge in [0, 0.05) is 25.3 Å². The fraction of sp³-hybridized carbons (Fsp3) is 0.455. The van der Waals surface area contributed by atoms with Crippen LogP contribution in [0, 0.1) is 25.2 Å². The van der Waals surface area contributed by atoms with Gasteiger partial charge in [-0.3, -0.25) is 9.69 Å². The molecule has 6 nitrogen and oxygen atoms in total. The largest absolute Gasteiger partial charge is 0.373 e. The quantitative estimate of drug-likeness (QED) is 0.865. The lowest BCUT2D eigenvalue weighted by Gasteiger charge is -2.34. The third-order valence-corrected chi connectivity index (χ3v) is 5.24. The molecule has 2 heterocycles. The molecule has 1 aliphatic heterocycles. The molecule has 1 fully saturated rings. The molecule has 1 amide bonds. The van der Waals surface area contributed by atoms with Crippen LogP contribution in [0.4, 0.5) is 5.82 Å². The number of carbonyl (C=O) groups is 1. The third-order valence-electron chi connectivity index (χ3n) is 5.24. The summed E-state index contributed by atoms with van der Waals surface area (Å²) in [6, 6.07) is 12.3. The van der Waals surface area contributed by atoms with Crippen molar-refractivity contribution in [1.29, 1.82) is 5.26 Å². The van der Waals surface area contributed by atoms with Gasteiger partial charge >= 0.3 is 0 Å². The Labute approximate surface area is 166 Å². The number of hydrogen-bond donors (Lipinski definition) is 1. The van der Waals surface area contributed by atoms with Crippen LogP contribution in [-0.4, -0.2) is 47.2 Å². The minimum atomic E-state index is -0.107. The second kappa shape index (κ2) is 8.59. The lowest BCUT2D eigenvalue weighted by molar-refractivity contribution is -0.121. The number of hydrogen-bond acceptors (Lipinski definition) is 4. The highest BCUT2D eigenvalue weighted by Gasteiger charge is 2.25. The van der Waals surface area contributed by atoms with Crippen molar-refractivity contribution in [2.24, 2.45) is 0 Å². The summed E-state index contributed by atoms with van der Waals surface area (Å²) in [6.07, 6.45) is 0.218. The first-order chi connectivity index (χ1) is 13.4. The molecule has 3 rings (SSSR count). The number of nitriles is 1. The molecule has 1 aromatic heterocycles. The maximum absolute atomic E-state index is 12.8. The summed E-state index contributed by atoms with van der Waals surface area (Å²) < 4.78 is 7.76. The molecule has 1 saturated heterocycles. The smallest absolute Gasteiger partial charge is 0.239 e. The molecule has 1 aliphatic rings. The molecule has 0 saturated carbocycles. The summed E-state index contributed by atoms with van der Waals surface area (Å²) in [5.41, 5.74) is 3.55. The van der Waals surface area contributed by atoms with E-state index >= 15 is 0 Å². The summed E-state index contributed by atoms with van der Waals surface area (Å²) in [5, 5.41) is 12.7. The van der Waals surface area contributed by atoms with Crippen molar-refractivity contribution in [1.82, 2.24) is 9.47 Å². The molecule has 0 radical (unpaired) electrons. The van der Waals surface area contributed by atoms with E-state index in [1.807, 2.05) is 62.6 Å². The lowest BCUT2D eigenvalue weighted by atomic mass is 10.2. The molecule has 0 bridgehead atoms. The van der Waals surface area contributed by atoms with E-state index in [4.69, 9.17) is 4.74 Å². The maximum atomic E-state index is 12.8. The van der Waals surface area contributed by atoms with E-state index in [9.17, 15) is 10.1 Å². The van der Waals surface area contributed by atoms with Crippen LogP contribution in [0.25, 0.3) is 0 Å². The number of nitrogens with one attached hydrogen (secondary N) is 1. The lowest BCUT2D eigenvalue weighted by Crippen LogP contribution is -2.48. The first kappa shape index (κ1) is 20.1. The summed E-state index contributed by atoms with van der Waals surface area (Å²) in [5.74, 6) is 0.477. The molecule has 0 unspecified atom stereocenters. The molecule has 1 aromatic carbocycles. The van der Waals surface area contributed by atoms with Gasteiger partial charge in [-0.05, 0) is 38.8 Å². The van der Waals surface area contributed by atoms with Crippen molar-refractivity contribution < 1.29 is 9.53 Å². The van der Waals surface area contributed by atoms with Crippen molar-refractivity contribution >= 4 is 11.7 Å². The van der Waals surface area contributed by atoms with E-state index in [0.29, 0.717) is 17.9 Å². The molecule has 1 N–H and O–H groups in total. The van der Waals surface area contributed by atoms with E-state index in [-0.39, 0.29) is 24.7 Å². The van der Waals surface area contributed by atoms with Gasteiger partial charge in [0.2, 0.25) is 5.91 Å². The Balaban J connectivity index is 1.81. The Morgan fingerprint density at radius 2 is 1.86 bits per heavy atom. The zero-order valence-electron chi connectivity index (χ0n) is 17.0. The van der Waals surface area contributed by atoms with Gasteiger partial charge in [0.25, 0.3) is 0 Å². The topological polar surface area (TPSA) is 70.3 Å². The van der Waals surface area contributed by atoms with Gasteiger partial charge in [-0.1, -0.05) is 30.3 Å². The normalized spacial score (nSPS) is 20.0. The van der Waals surface area contributed by atoms with E-state index in [1.54, 1.807) is 0 Å². The minimum absolute atomic E-state index is 0.107. The van der Waals surface area contributed by atoms with Crippen LogP contribution in [0.15, 0.2) is 30.3 Å². The van der Waals surface area contributed by atoms with Gasteiger partial charge in [-0.15, -0.1) is 0 Å². The number of amides is 1. The number of aromatic nitrogens is 1. The average Bonchev–Trinajstić information content (AvgIpc) is 2.85. The van der Waals surface area contributed by atoms with Crippen molar-refractivity contribution in [2.45, 2.75) is 46.4 Å². The minimum Gasteiger partial charge on any atom is -0.373 e. The molecule has 0 spiro atoms. The average molecular weight is 380 g/mol. The Morgan fingerprint density at radius 3 is 2.46 bits per heavy atom. The highest BCUT2D eigenvalue weighted by Crippen LogP contribution is 2.27. The fourth-order valence-corrected chi connectivity index (χ4v) is 3.88. The Kier molecular flexibility index (Phi) is 6.18. The zero-order chi connectivity index (χ0) is 20.3. The number of carbonyl (C=O) groups excluding carboxylic acids is 1. The van der Waals surface area contributed by atoms with E-state index < -0.39 is 0 Å². The number of rotatable bonds is 5. The first-order valence-electron chi connectivity index (χ1n) is 9.70. The molecule has 148 valence electrons. The highest BCUT2D eigenvalue weighted by molar-refractivity contribution is 5.93. The van der Waals surface area contributed by atoms with Crippen LogP contribution in [0.3, 0.4) is 0 Å². The van der Waals surface area contributed by atoms with Gasteiger partial charge in [-0.25, -0.2) is 0 Å².